The minimum absolute atomic E-state index is 0.0355. The van der Waals surface area contributed by atoms with Gasteiger partial charge in [-0.2, -0.15) is 17.5 Å². The SMILES string of the molecule is CCNC(=NCc1ccccc1[N+](=O)[O-])NC1CCN(S(=O)(=O)C(F)(F)F)CC1. The fraction of sp³-hybridized carbons (Fsp3) is 0.562. The van der Waals surface area contributed by atoms with Crippen LogP contribution in [0.3, 0.4) is 0 Å². The molecule has 1 aromatic rings. The fourth-order valence-corrected chi connectivity index (χ4v) is 3.87. The van der Waals surface area contributed by atoms with E-state index >= 15 is 0 Å². The van der Waals surface area contributed by atoms with Gasteiger partial charge in [0.25, 0.3) is 5.69 Å². The van der Waals surface area contributed by atoms with Crippen molar-refractivity contribution in [2.24, 2.45) is 4.99 Å². The van der Waals surface area contributed by atoms with Crippen LogP contribution in [0.2, 0.25) is 0 Å². The predicted octanol–water partition coefficient (Wildman–Crippen LogP) is 1.96. The second-order valence-corrected chi connectivity index (χ2v) is 8.28. The Balaban J connectivity index is 2.02. The maximum absolute atomic E-state index is 12.7. The highest BCUT2D eigenvalue weighted by atomic mass is 32.2. The first-order valence-corrected chi connectivity index (χ1v) is 10.3. The number of nitro groups is 1. The van der Waals surface area contributed by atoms with Gasteiger partial charge in [-0.1, -0.05) is 18.2 Å². The number of nitrogens with one attached hydrogen (secondary N) is 2. The zero-order valence-corrected chi connectivity index (χ0v) is 16.5. The summed E-state index contributed by atoms with van der Waals surface area (Å²) in [6.45, 7) is 1.84. The number of nitro benzene ring substituents is 1. The van der Waals surface area contributed by atoms with E-state index in [0.717, 1.165) is 0 Å². The first-order chi connectivity index (χ1) is 13.6. The van der Waals surface area contributed by atoms with Crippen molar-refractivity contribution in [1.29, 1.82) is 0 Å². The van der Waals surface area contributed by atoms with Crippen molar-refractivity contribution < 1.29 is 26.5 Å². The third kappa shape index (κ3) is 5.79. The Morgan fingerprint density at radius 3 is 2.48 bits per heavy atom. The van der Waals surface area contributed by atoms with Gasteiger partial charge in [0.15, 0.2) is 5.96 Å². The lowest BCUT2D eigenvalue weighted by molar-refractivity contribution is -0.385. The van der Waals surface area contributed by atoms with Gasteiger partial charge in [-0.25, -0.2) is 13.4 Å². The van der Waals surface area contributed by atoms with Crippen LogP contribution < -0.4 is 10.6 Å². The molecule has 2 rings (SSSR count). The topological polar surface area (TPSA) is 117 Å². The van der Waals surface area contributed by atoms with Gasteiger partial charge in [-0.3, -0.25) is 10.1 Å². The maximum atomic E-state index is 12.7. The molecular formula is C16H22F3N5O4S. The lowest BCUT2D eigenvalue weighted by Gasteiger charge is -2.32. The van der Waals surface area contributed by atoms with E-state index in [0.29, 0.717) is 22.4 Å². The quantitative estimate of drug-likeness (QED) is 0.304. The molecule has 13 heteroatoms. The van der Waals surface area contributed by atoms with Gasteiger partial charge in [0, 0.05) is 31.7 Å². The number of benzene rings is 1. The monoisotopic (exact) mass is 437 g/mol. The van der Waals surface area contributed by atoms with Gasteiger partial charge in [-0.05, 0) is 19.8 Å². The van der Waals surface area contributed by atoms with Crippen molar-refractivity contribution in [3.05, 3.63) is 39.9 Å². The summed E-state index contributed by atoms with van der Waals surface area (Å²) < 4.78 is 61.3. The van der Waals surface area contributed by atoms with Crippen LogP contribution in [0.5, 0.6) is 0 Å². The third-order valence-corrected chi connectivity index (χ3v) is 6.00. The van der Waals surface area contributed by atoms with Gasteiger partial charge < -0.3 is 10.6 Å². The molecule has 0 unspecified atom stereocenters. The van der Waals surface area contributed by atoms with Crippen LogP contribution in [-0.2, 0) is 16.6 Å². The lowest BCUT2D eigenvalue weighted by atomic mass is 10.1. The summed E-state index contributed by atoms with van der Waals surface area (Å²) in [5, 5.41) is 17.1. The Labute approximate surface area is 166 Å². The van der Waals surface area contributed by atoms with Gasteiger partial charge >= 0.3 is 15.5 Å². The average Bonchev–Trinajstić information content (AvgIpc) is 2.66. The number of piperidine rings is 1. The van der Waals surface area contributed by atoms with Crippen molar-refractivity contribution in [3.63, 3.8) is 0 Å². The Hall–Kier alpha value is -2.41. The molecule has 1 aliphatic heterocycles. The molecule has 29 heavy (non-hydrogen) atoms. The number of para-hydroxylation sites is 1. The first kappa shape index (κ1) is 22.9. The molecule has 0 atom stereocenters. The van der Waals surface area contributed by atoms with E-state index in [1.165, 1.54) is 6.07 Å². The molecule has 1 fully saturated rings. The molecule has 2 N–H and O–H groups in total. The highest BCUT2D eigenvalue weighted by Gasteiger charge is 2.50. The van der Waals surface area contributed by atoms with E-state index in [-0.39, 0.29) is 44.2 Å². The van der Waals surface area contributed by atoms with E-state index in [1.54, 1.807) is 18.2 Å². The Kier molecular flexibility index (Phi) is 7.41. The second kappa shape index (κ2) is 9.39. The Morgan fingerprint density at radius 2 is 1.93 bits per heavy atom. The molecule has 1 aromatic carbocycles. The summed E-state index contributed by atoms with van der Waals surface area (Å²) in [4.78, 5) is 14.9. The number of guanidine groups is 1. The Morgan fingerprint density at radius 1 is 1.31 bits per heavy atom. The van der Waals surface area contributed by atoms with E-state index in [1.807, 2.05) is 6.92 Å². The molecule has 1 heterocycles. The van der Waals surface area contributed by atoms with Crippen LogP contribution in [0.25, 0.3) is 0 Å². The van der Waals surface area contributed by atoms with Crippen molar-refractivity contribution in [1.82, 2.24) is 14.9 Å². The number of hydrogen-bond donors (Lipinski definition) is 2. The molecule has 0 aromatic heterocycles. The van der Waals surface area contributed by atoms with E-state index in [9.17, 15) is 31.7 Å². The minimum Gasteiger partial charge on any atom is -0.357 e. The summed E-state index contributed by atoms with van der Waals surface area (Å²) in [6.07, 6.45) is 0.344. The van der Waals surface area contributed by atoms with Crippen molar-refractivity contribution in [3.8, 4) is 0 Å². The number of nitrogens with zero attached hydrogens (tertiary/aromatic N) is 3. The standard InChI is InChI=1S/C16H22F3N5O4S/c1-2-20-15(21-11-12-5-3-4-6-14(12)24(25)26)22-13-7-9-23(10-8-13)29(27,28)16(17,18)19/h3-6,13H,2,7-11H2,1H3,(H2,20,21,22). The van der Waals surface area contributed by atoms with Crippen LogP contribution in [0, 0.1) is 10.1 Å². The summed E-state index contributed by atoms with van der Waals surface area (Å²) in [5.41, 5.74) is -4.95. The smallest absolute Gasteiger partial charge is 0.357 e. The van der Waals surface area contributed by atoms with Crippen molar-refractivity contribution in [2.75, 3.05) is 19.6 Å². The molecule has 0 bridgehead atoms. The first-order valence-electron chi connectivity index (χ1n) is 8.89. The normalized spacial score (nSPS) is 17.2. The molecule has 9 nitrogen and oxygen atoms in total. The minimum atomic E-state index is -5.32. The molecule has 1 saturated heterocycles. The van der Waals surface area contributed by atoms with Crippen LogP contribution in [0.15, 0.2) is 29.3 Å². The number of hydrogen-bond acceptors (Lipinski definition) is 5. The van der Waals surface area contributed by atoms with Crippen molar-refractivity contribution in [2.45, 2.75) is 37.9 Å². The number of alkyl halides is 3. The predicted molar refractivity (Wildman–Crippen MR) is 101 cm³/mol. The van der Waals surface area contributed by atoms with Crippen molar-refractivity contribution >= 4 is 21.7 Å². The largest absolute Gasteiger partial charge is 0.511 e. The summed E-state index contributed by atoms with van der Waals surface area (Å²) >= 11 is 0. The van der Waals surface area contributed by atoms with Gasteiger partial charge in [-0.15, -0.1) is 0 Å². The van der Waals surface area contributed by atoms with Crippen LogP contribution in [0.4, 0.5) is 18.9 Å². The van der Waals surface area contributed by atoms with Gasteiger partial charge in [0.05, 0.1) is 17.0 Å². The van der Waals surface area contributed by atoms with Gasteiger partial charge in [0.2, 0.25) is 0 Å². The molecule has 0 amide bonds. The zero-order chi connectivity index (χ0) is 21.7. The summed E-state index contributed by atoms with van der Waals surface area (Å²) in [7, 11) is -5.32. The molecule has 1 aliphatic rings. The van der Waals surface area contributed by atoms with Crippen LogP contribution in [-0.4, -0.2) is 54.8 Å². The number of aliphatic imine (C=N–C) groups is 1. The maximum Gasteiger partial charge on any atom is 0.511 e. The highest BCUT2D eigenvalue weighted by molar-refractivity contribution is 7.90. The molecule has 0 radical (unpaired) electrons. The summed E-state index contributed by atoms with van der Waals surface area (Å²) in [5.74, 6) is 0.350. The zero-order valence-electron chi connectivity index (χ0n) is 15.6. The number of halogens is 3. The average molecular weight is 437 g/mol. The lowest BCUT2D eigenvalue weighted by Crippen LogP contribution is -2.51. The van der Waals surface area contributed by atoms with E-state index < -0.39 is 20.5 Å². The van der Waals surface area contributed by atoms with E-state index in [2.05, 4.69) is 15.6 Å². The third-order valence-electron chi connectivity index (χ3n) is 4.37. The number of rotatable bonds is 6. The van der Waals surface area contributed by atoms with Crippen LogP contribution >= 0.6 is 0 Å². The molecular weight excluding hydrogens is 415 g/mol. The Bertz CT molecular complexity index is 852. The summed E-state index contributed by atoms with van der Waals surface area (Å²) in [6, 6.07) is 5.90. The van der Waals surface area contributed by atoms with Crippen LogP contribution in [0.1, 0.15) is 25.3 Å². The molecule has 0 saturated carbocycles. The second-order valence-electron chi connectivity index (χ2n) is 6.35. The fourth-order valence-electron chi connectivity index (χ4n) is 2.89. The van der Waals surface area contributed by atoms with Gasteiger partial charge in [0.1, 0.15) is 0 Å². The van der Waals surface area contributed by atoms with E-state index in [4.69, 9.17) is 0 Å². The highest BCUT2D eigenvalue weighted by Crippen LogP contribution is 2.29. The number of sulfonamides is 1. The molecule has 0 aliphatic carbocycles. The molecule has 162 valence electrons. The molecule has 0 spiro atoms.